The van der Waals surface area contributed by atoms with Crippen molar-refractivity contribution < 1.29 is 9.59 Å². The molecule has 1 saturated heterocycles. The lowest BCUT2D eigenvalue weighted by Gasteiger charge is -2.36. The Bertz CT molecular complexity index is 1230. The normalized spacial score (nSPS) is 13.6. The Hall–Kier alpha value is -3.65. The molecule has 0 aliphatic carbocycles. The zero-order valence-electron chi connectivity index (χ0n) is 18.9. The van der Waals surface area contributed by atoms with Gasteiger partial charge in [0.05, 0.1) is 6.54 Å². The van der Waals surface area contributed by atoms with Crippen molar-refractivity contribution in [3.63, 3.8) is 0 Å². The fourth-order valence-corrected chi connectivity index (χ4v) is 3.99. The fourth-order valence-electron chi connectivity index (χ4n) is 3.81. The van der Waals surface area contributed by atoms with Gasteiger partial charge in [-0.25, -0.2) is 4.68 Å². The number of nitrogens with one attached hydrogen (secondary N) is 1. The summed E-state index contributed by atoms with van der Waals surface area (Å²) in [7, 11) is 0. The number of aromatic nitrogens is 2. The number of hydrogen-bond donors (Lipinski definition) is 1. The topological polar surface area (TPSA) is 87.5 Å². The van der Waals surface area contributed by atoms with Crippen LogP contribution in [0.3, 0.4) is 0 Å². The minimum atomic E-state index is -0.416. The first-order valence-electron chi connectivity index (χ1n) is 11.1. The van der Waals surface area contributed by atoms with Gasteiger partial charge in [0.1, 0.15) is 5.69 Å². The standard InChI is InChI=1S/C25H26ClN5O3/c1-18-5-7-20(8-6-18)27-25(34)22-9-10-24(33)31(28-22)12-11-23(32)30-15-13-29(14-16-30)21-4-2-3-19(26)17-21/h2-10,17H,11-16H2,1H3,(H,27,34). The summed E-state index contributed by atoms with van der Waals surface area (Å²) in [5.41, 5.74) is 2.52. The van der Waals surface area contributed by atoms with Crippen LogP contribution in [0.2, 0.25) is 5.02 Å². The Labute approximate surface area is 202 Å². The summed E-state index contributed by atoms with van der Waals surface area (Å²) in [6.45, 7) is 4.67. The largest absolute Gasteiger partial charge is 0.368 e. The van der Waals surface area contributed by atoms with Gasteiger partial charge in [0, 0.05) is 55.1 Å². The van der Waals surface area contributed by atoms with E-state index in [1.807, 2.05) is 43.3 Å². The number of hydrogen-bond acceptors (Lipinski definition) is 5. The van der Waals surface area contributed by atoms with Crippen molar-refractivity contribution in [2.24, 2.45) is 0 Å². The summed E-state index contributed by atoms with van der Waals surface area (Å²) >= 11 is 6.08. The van der Waals surface area contributed by atoms with Crippen LogP contribution >= 0.6 is 11.6 Å². The molecule has 176 valence electrons. The summed E-state index contributed by atoms with van der Waals surface area (Å²) in [5.74, 6) is -0.463. The number of carbonyl (C=O) groups is 2. The van der Waals surface area contributed by atoms with Crippen LogP contribution in [0.25, 0.3) is 0 Å². The van der Waals surface area contributed by atoms with Crippen molar-refractivity contribution in [3.05, 3.63) is 87.3 Å². The fraction of sp³-hybridized carbons (Fsp3) is 0.280. The number of nitrogens with zero attached hydrogens (tertiary/aromatic N) is 4. The van der Waals surface area contributed by atoms with E-state index < -0.39 is 5.91 Å². The van der Waals surface area contributed by atoms with E-state index >= 15 is 0 Å². The number of benzene rings is 2. The van der Waals surface area contributed by atoms with Crippen LogP contribution < -0.4 is 15.8 Å². The molecule has 34 heavy (non-hydrogen) atoms. The molecule has 1 aliphatic rings. The molecule has 2 amide bonds. The van der Waals surface area contributed by atoms with Crippen molar-refractivity contribution in [1.82, 2.24) is 14.7 Å². The average Bonchev–Trinajstić information content (AvgIpc) is 2.85. The minimum absolute atomic E-state index is 0.0473. The number of amides is 2. The smallest absolute Gasteiger partial charge is 0.276 e. The second-order valence-corrected chi connectivity index (χ2v) is 8.63. The summed E-state index contributed by atoms with van der Waals surface area (Å²) in [6, 6.07) is 17.7. The van der Waals surface area contributed by atoms with Gasteiger partial charge >= 0.3 is 0 Å². The van der Waals surface area contributed by atoms with E-state index in [0.29, 0.717) is 36.9 Å². The van der Waals surface area contributed by atoms with Crippen molar-refractivity contribution in [1.29, 1.82) is 0 Å². The lowest BCUT2D eigenvalue weighted by molar-refractivity contribution is -0.131. The Morgan fingerprint density at radius 3 is 2.44 bits per heavy atom. The van der Waals surface area contributed by atoms with Crippen molar-refractivity contribution in [2.75, 3.05) is 36.4 Å². The van der Waals surface area contributed by atoms with Gasteiger partial charge in [-0.1, -0.05) is 35.4 Å². The van der Waals surface area contributed by atoms with Crippen molar-refractivity contribution >= 4 is 34.8 Å². The zero-order valence-corrected chi connectivity index (χ0v) is 19.7. The molecule has 2 heterocycles. The van der Waals surface area contributed by atoms with Gasteiger partial charge in [-0.05, 0) is 43.3 Å². The molecule has 8 nitrogen and oxygen atoms in total. The highest BCUT2D eigenvalue weighted by Crippen LogP contribution is 2.21. The van der Waals surface area contributed by atoms with E-state index in [2.05, 4.69) is 15.3 Å². The molecular formula is C25H26ClN5O3. The first kappa shape index (κ1) is 23.5. The lowest BCUT2D eigenvalue weighted by atomic mass is 10.2. The summed E-state index contributed by atoms with van der Waals surface area (Å²) in [4.78, 5) is 41.5. The van der Waals surface area contributed by atoms with Crippen molar-refractivity contribution in [3.8, 4) is 0 Å². The summed E-state index contributed by atoms with van der Waals surface area (Å²) in [5, 5.41) is 7.61. The van der Waals surface area contributed by atoms with Crippen LogP contribution in [0.4, 0.5) is 11.4 Å². The van der Waals surface area contributed by atoms with E-state index in [9.17, 15) is 14.4 Å². The first-order chi connectivity index (χ1) is 16.4. The predicted octanol–water partition coefficient (Wildman–Crippen LogP) is 3.20. The SMILES string of the molecule is Cc1ccc(NC(=O)c2ccc(=O)n(CCC(=O)N3CCN(c4cccc(Cl)c4)CC3)n2)cc1. The molecule has 2 aromatic carbocycles. The molecule has 0 radical (unpaired) electrons. The Morgan fingerprint density at radius 2 is 1.74 bits per heavy atom. The number of carbonyl (C=O) groups excluding carboxylic acids is 2. The summed E-state index contributed by atoms with van der Waals surface area (Å²) in [6.07, 6.45) is 0.132. The summed E-state index contributed by atoms with van der Waals surface area (Å²) < 4.78 is 1.17. The van der Waals surface area contributed by atoms with E-state index in [4.69, 9.17) is 11.6 Å². The van der Waals surface area contributed by atoms with Crippen LogP contribution in [0.1, 0.15) is 22.5 Å². The molecule has 4 rings (SSSR count). The molecule has 0 unspecified atom stereocenters. The van der Waals surface area contributed by atoms with Gasteiger partial charge in [0.25, 0.3) is 11.5 Å². The number of rotatable bonds is 6. The second kappa shape index (κ2) is 10.5. The van der Waals surface area contributed by atoms with E-state index in [1.165, 1.54) is 16.8 Å². The molecule has 0 atom stereocenters. The number of aryl methyl sites for hydroxylation is 2. The Morgan fingerprint density at radius 1 is 1.00 bits per heavy atom. The van der Waals surface area contributed by atoms with Gasteiger partial charge in [-0.15, -0.1) is 0 Å². The number of piperazine rings is 1. The van der Waals surface area contributed by atoms with Crippen LogP contribution in [0.5, 0.6) is 0 Å². The highest BCUT2D eigenvalue weighted by Gasteiger charge is 2.21. The van der Waals surface area contributed by atoms with Gasteiger partial charge in [0.2, 0.25) is 5.91 Å². The van der Waals surface area contributed by atoms with E-state index in [-0.39, 0.29) is 30.1 Å². The molecule has 0 bridgehead atoms. The second-order valence-electron chi connectivity index (χ2n) is 8.20. The molecule has 1 fully saturated rings. The first-order valence-corrected chi connectivity index (χ1v) is 11.5. The van der Waals surface area contributed by atoms with E-state index in [0.717, 1.165) is 11.3 Å². The molecule has 0 saturated carbocycles. The van der Waals surface area contributed by atoms with E-state index in [1.54, 1.807) is 17.0 Å². The van der Waals surface area contributed by atoms with Crippen LogP contribution in [-0.4, -0.2) is 52.7 Å². The average molecular weight is 480 g/mol. The molecule has 1 aromatic heterocycles. The number of halogens is 1. The zero-order chi connectivity index (χ0) is 24.1. The third kappa shape index (κ3) is 5.82. The molecular weight excluding hydrogens is 454 g/mol. The maximum atomic E-state index is 12.7. The quantitative estimate of drug-likeness (QED) is 0.586. The molecule has 9 heteroatoms. The Balaban J connectivity index is 1.32. The highest BCUT2D eigenvalue weighted by molar-refractivity contribution is 6.30. The Kier molecular flexibility index (Phi) is 7.27. The molecule has 0 spiro atoms. The predicted molar refractivity (Wildman–Crippen MR) is 132 cm³/mol. The van der Waals surface area contributed by atoms with Crippen LogP contribution in [-0.2, 0) is 11.3 Å². The van der Waals surface area contributed by atoms with Gasteiger partial charge in [-0.2, -0.15) is 5.10 Å². The van der Waals surface area contributed by atoms with Gasteiger partial charge in [-0.3, -0.25) is 14.4 Å². The maximum Gasteiger partial charge on any atom is 0.276 e. The molecule has 1 aliphatic heterocycles. The third-order valence-electron chi connectivity index (χ3n) is 5.75. The monoisotopic (exact) mass is 479 g/mol. The number of anilines is 2. The molecule has 3 aromatic rings. The highest BCUT2D eigenvalue weighted by atomic mass is 35.5. The van der Waals surface area contributed by atoms with Crippen molar-refractivity contribution in [2.45, 2.75) is 19.9 Å². The van der Waals surface area contributed by atoms with Gasteiger partial charge < -0.3 is 15.1 Å². The maximum absolute atomic E-state index is 12.7. The van der Waals surface area contributed by atoms with Gasteiger partial charge in [0.15, 0.2) is 0 Å². The third-order valence-corrected chi connectivity index (χ3v) is 5.99. The minimum Gasteiger partial charge on any atom is -0.368 e. The van der Waals surface area contributed by atoms with Crippen LogP contribution in [0, 0.1) is 6.92 Å². The lowest BCUT2D eigenvalue weighted by Crippen LogP contribution is -2.49. The van der Waals surface area contributed by atoms with Crippen LogP contribution in [0.15, 0.2) is 65.5 Å². The molecule has 1 N–H and O–H groups in total.